The fraction of sp³-hybridized carbons (Fsp3) is 0.455. The van der Waals surface area contributed by atoms with E-state index in [2.05, 4.69) is 15.6 Å². The molecule has 0 radical (unpaired) electrons. The van der Waals surface area contributed by atoms with Crippen molar-refractivity contribution in [1.82, 2.24) is 10.3 Å². The zero-order valence-corrected chi connectivity index (χ0v) is 9.37. The Kier molecular flexibility index (Phi) is 3.66. The maximum atomic E-state index is 11.5. The molecule has 0 bridgehead atoms. The molecule has 0 saturated carbocycles. The molecule has 15 heavy (non-hydrogen) atoms. The van der Waals surface area contributed by atoms with Crippen molar-refractivity contribution >= 4 is 11.6 Å². The first kappa shape index (κ1) is 11.5. The summed E-state index contributed by atoms with van der Waals surface area (Å²) in [5.41, 5.74) is 0.555. The van der Waals surface area contributed by atoms with Gasteiger partial charge in [0.05, 0.1) is 5.41 Å². The lowest BCUT2D eigenvalue weighted by molar-refractivity contribution is -0.128. The number of anilines is 1. The molecule has 0 fully saturated rings. The largest absolute Gasteiger partial charge is 0.384 e. The highest BCUT2D eigenvalue weighted by atomic mass is 16.2. The van der Waals surface area contributed by atoms with Crippen LogP contribution in [-0.2, 0) is 4.79 Å². The number of carbonyl (C=O) groups is 1. The SMILES string of the molecule is CNC(=O)C(C)(C)CNc1ccncc1. The molecule has 4 heteroatoms. The Labute approximate surface area is 90.1 Å². The quantitative estimate of drug-likeness (QED) is 0.781. The van der Waals surface area contributed by atoms with Crippen molar-refractivity contribution in [2.75, 3.05) is 18.9 Å². The Morgan fingerprint density at radius 1 is 1.40 bits per heavy atom. The molecular weight excluding hydrogens is 190 g/mol. The van der Waals surface area contributed by atoms with Gasteiger partial charge in [-0.25, -0.2) is 0 Å². The number of rotatable bonds is 4. The Morgan fingerprint density at radius 2 is 2.00 bits per heavy atom. The molecule has 82 valence electrons. The zero-order valence-electron chi connectivity index (χ0n) is 9.37. The molecule has 1 rings (SSSR count). The van der Waals surface area contributed by atoms with Gasteiger partial charge in [-0.05, 0) is 26.0 Å². The number of hydrogen-bond donors (Lipinski definition) is 2. The number of nitrogens with zero attached hydrogens (tertiary/aromatic N) is 1. The fourth-order valence-electron chi connectivity index (χ4n) is 1.21. The first-order valence-electron chi connectivity index (χ1n) is 4.92. The first-order chi connectivity index (χ1) is 7.06. The molecule has 0 aliphatic carbocycles. The molecule has 1 amide bonds. The van der Waals surface area contributed by atoms with E-state index in [4.69, 9.17) is 0 Å². The molecule has 0 aromatic carbocycles. The Bertz CT molecular complexity index is 322. The summed E-state index contributed by atoms with van der Waals surface area (Å²) in [7, 11) is 1.65. The number of hydrogen-bond acceptors (Lipinski definition) is 3. The number of nitrogens with one attached hydrogen (secondary N) is 2. The Hall–Kier alpha value is -1.58. The van der Waals surface area contributed by atoms with Crippen LogP contribution >= 0.6 is 0 Å². The van der Waals surface area contributed by atoms with Crippen molar-refractivity contribution in [2.45, 2.75) is 13.8 Å². The summed E-state index contributed by atoms with van der Waals surface area (Å²) in [6.45, 7) is 4.40. The third-order valence-corrected chi connectivity index (χ3v) is 2.26. The standard InChI is InChI=1S/C11H17N3O/c1-11(2,10(15)12-3)8-14-9-4-6-13-7-5-9/h4-7H,8H2,1-3H3,(H,12,15)(H,13,14). The average molecular weight is 207 g/mol. The van der Waals surface area contributed by atoms with Gasteiger partial charge in [0.1, 0.15) is 0 Å². The van der Waals surface area contributed by atoms with E-state index in [-0.39, 0.29) is 5.91 Å². The number of amides is 1. The van der Waals surface area contributed by atoms with Crippen LogP contribution in [0.25, 0.3) is 0 Å². The molecule has 1 aromatic rings. The molecule has 0 aliphatic rings. The van der Waals surface area contributed by atoms with Crippen LogP contribution in [0.1, 0.15) is 13.8 Å². The molecule has 0 aliphatic heterocycles. The second-order valence-electron chi connectivity index (χ2n) is 4.05. The highest BCUT2D eigenvalue weighted by Crippen LogP contribution is 2.16. The fourth-order valence-corrected chi connectivity index (χ4v) is 1.21. The number of pyridine rings is 1. The topological polar surface area (TPSA) is 54.0 Å². The maximum Gasteiger partial charge on any atom is 0.227 e. The van der Waals surface area contributed by atoms with Crippen LogP contribution < -0.4 is 10.6 Å². The van der Waals surface area contributed by atoms with Gasteiger partial charge in [0, 0.05) is 31.7 Å². The monoisotopic (exact) mass is 207 g/mol. The van der Waals surface area contributed by atoms with Crippen LogP contribution in [-0.4, -0.2) is 24.5 Å². The highest BCUT2D eigenvalue weighted by molar-refractivity contribution is 5.82. The predicted octanol–water partition coefficient (Wildman–Crippen LogP) is 1.27. The van der Waals surface area contributed by atoms with E-state index in [1.54, 1.807) is 19.4 Å². The molecular formula is C11H17N3O. The van der Waals surface area contributed by atoms with E-state index in [0.717, 1.165) is 5.69 Å². The van der Waals surface area contributed by atoms with Crippen LogP contribution in [0.4, 0.5) is 5.69 Å². The van der Waals surface area contributed by atoms with Gasteiger partial charge >= 0.3 is 0 Å². The average Bonchev–Trinajstić information content (AvgIpc) is 2.27. The van der Waals surface area contributed by atoms with E-state index in [1.165, 1.54) is 0 Å². The van der Waals surface area contributed by atoms with Crippen LogP contribution in [0.15, 0.2) is 24.5 Å². The molecule has 1 aromatic heterocycles. The van der Waals surface area contributed by atoms with Crippen LogP contribution in [0.3, 0.4) is 0 Å². The van der Waals surface area contributed by atoms with E-state index in [1.807, 2.05) is 26.0 Å². The molecule has 2 N–H and O–H groups in total. The highest BCUT2D eigenvalue weighted by Gasteiger charge is 2.25. The maximum absolute atomic E-state index is 11.5. The first-order valence-corrected chi connectivity index (χ1v) is 4.92. The molecule has 0 unspecified atom stereocenters. The van der Waals surface area contributed by atoms with E-state index in [9.17, 15) is 4.79 Å². The van der Waals surface area contributed by atoms with E-state index >= 15 is 0 Å². The second-order valence-corrected chi connectivity index (χ2v) is 4.05. The minimum atomic E-state index is -0.419. The minimum absolute atomic E-state index is 0.0315. The van der Waals surface area contributed by atoms with E-state index in [0.29, 0.717) is 6.54 Å². The van der Waals surface area contributed by atoms with Gasteiger partial charge in [-0.2, -0.15) is 0 Å². The van der Waals surface area contributed by atoms with Gasteiger partial charge in [0.25, 0.3) is 0 Å². The van der Waals surface area contributed by atoms with Gasteiger partial charge in [-0.1, -0.05) is 0 Å². The van der Waals surface area contributed by atoms with Crippen molar-refractivity contribution < 1.29 is 4.79 Å². The summed E-state index contributed by atoms with van der Waals surface area (Å²) >= 11 is 0. The Balaban J connectivity index is 2.53. The lowest BCUT2D eigenvalue weighted by atomic mass is 9.92. The summed E-state index contributed by atoms with van der Waals surface area (Å²) in [5.74, 6) is 0.0315. The summed E-state index contributed by atoms with van der Waals surface area (Å²) in [6, 6.07) is 3.75. The Morgan fingerprint density at radius 3 is 2.53 bits per heavy atom. The minimum Gasteiger partial charge on any atom is -0.384 e. The van der Waals surface area contributed by atoms with Gasteiger partial charge < -0.3 is 10.6 Å². The summed E-state index contributed by atoms with van der Waals surface area (Å²) in [5, 5.41) is 5.85. The molecule has 0 atom stereocenters. The van der Waals surface area contributed by atoms with Crippen molar-refractivity contribution in [3.8, 4) is 0 Å². The van der Waals surface area contributed by atoms with Gasteiger partial charge in [0.15, 0.2) is 0 Å². The van der Waals surface area contributed by atoms with Gasteiger partial charge in [-0.15, -0.1) is 0 Å². The molecule has 1 heterocycles. The summed E-state index contributed by atoms with van der Waals surface area (Å²) in [6.07, 6.45) is 3.43. The van der Waals surface area contributed by atoms with Crippen molar-refractivity contribution in [3.05, 3.63) is 24.5 Å². The van der Waals surface area contributed by atoms with Crippen molar-refractivity contribution in [2.24, 2.45) is 5.41 Å². The lowest BCUT2D eigenvalue weighted by Gasteiger charge is -2.23. The lowest BCUT2D eigenvalue weighted by Crippen LogP contribution is -2.39. The molecule has 0 spiro atoms. The van der Waals surface area contributed by atoms with E-state index < -0.39 is 5.41 Å². The second kappa shape index (κ2) is 4.77. The number of carbonyl (C=O) groups excluding carboxylic acids is 1. The number of aromatic nitrogens is 1. The molecule has 4 nitrogen and oxygen atoms in total. The van der Waals surface area contributed by atoms with Crippen LogP contribution in [0.5, 0.6) is 0 Å². The van der Waals surface area contributed by atoms with Crippen molar-refractivity contribution in [1.29, 1.82) is 0 Å². The smallest absolute Gasteiger partial charge is 0.227 e. The summed E-state index contributed by atoms with van der Waals surface area (Å²) < 4.78 is 0. The third kappa shape index (κ3) is 3.23. The van der Waals surface area contributed by atoms with Crippen LogP contribution in [0.2, 0.25) is 0 Å². The van der Waals surface area contributed by atoms with Crippen molar-refractivity contribution in [3.63, 3.8) is 0 Å². The normalized spacial score (nSPS) is 10.9. The zero-order chi connectivity index (χ0) is 11.3. The van der Waals surface area contributed by atoms with Crippen LogP contribution in [0, 0.1) is 5.41 Å². The summed E-state index contributed by atoms with van der Waals surface area (Å²) in [4.78, 5) is 15.4. The van der Waals surface area contributed by atoms with Gasteiger partial charge in [0.2, 0.25) is 5.91 Å². The third-order valence-electron chi connectivity index (χ3n) is 2.26. The molecule has 0 saturated heterocycles. The van der Waals surface area contributed by atoms with Gasteiger partial charge in [-0.3, -0.25) is 9.78 Å². The predicted molar refractivity (Wildman–Crippen MR) is 60.6 cm³/mol.